The predicted octanol–water partition coefficient (Wildman–Crippen LogP) is 4.05. The summed E-state index contributed by atoms with van der Waals surface area (Å²) in [5, 5.41) is 9.56. The van der Waals surface area contributed by atoms with Crippen LogP contribution in [0.5, 0.6) is 0 Å². The molecule has 0 bridgehead atoms. The molecule has 2 aromatic heterocycles. The molecule has 0 fully saturated rings. The molecule has 4 nitrogen and oxygen atoms in total. The Hall–Kier alpha value is -2.10. The normalized spacial score (nSPS) is 11.2. The van der Waals surface area contributed by atoms with Crippen molar-refractivity contribution >= 4 is 28.9 Å². The number of aromatic nitrogens is 1. The second-order valence-corrected chi connectivity index (χ2v) is 7.23. The van der Waals surface area contributed by atoms with Gasteiger partial charge in [0.1, 0.15) is 6.07 Å². The fraction of sp³-hybridized carbons (Fsp3) is 0.235. The van der Waals surface area contributed by atoms with Crippen LogP contribution in [0.25, 0.3) is 11.1 Å². The molecule has 0 spiro atoms. The van der Waals surface area contributed by atoms with Crippen molar-refractivity contribution in [2.24, 2.45) is 0 Å². The summed E-state index contributed by atoms with van der Waals surface area (Å²) in [5.74, 6) is -0.0562. The number of rotatable bonds is 5. The Bertz CT molecular complexity index is 786. The first-order valence-corrected chi connectivity index (χ1v) is 8.94. The lowest BCUT2D eigenvalue weighted by atomic mass is 10.0. The molecule has 23 heavy (non-hydrogen) atoms. The number of thiophene rings is 1. The SMILES string of the molecule is CSc1sc(C(=O)/C(C)=C/N(C)C)c(-c2cccnc2)c1C#N. The first kappa shape index (κ1) is 17.3. The lowest BCUT2D eigenvalue weighted by Gasteiger charge is -2.08. The van der Waals surface area contributed by atoms with Crippen molar-refractivity contribution in [3.8, 4) is 17.2 Å². The van der Waals surface area contributed by atoms with Gasteiger partial charge in [-0.1, -0.05) is 6.07 Å². The third kappa shape index (κ3) is 3.63. The summed E-state index contributed by atoms with van der Waals surface area (Å²) in [7, 11) is 3.75. The van der Waals surface area contributed by atoms with E-state index < -0.39 is 0 Å². The van der Waals surface area contributed by atoms with Crippen LogP contribution in [0.15, 0.2) is 40.5 Å². The summed E-state index contributed by atoms with van der Waals surface area (Å²) in [6.07, 6.45) is 7.07. The predicted molar refractivity (Wildman–Crippen MR) is 95.8 cm³/mol. The van der Waals surface area contributed by atoms with Crippen molar-refractivity contribution in [2.45, 2.75) is 11.1 Å². The number of carbonyl (C=O) groups is 1. The second kappa shape index (κ2) is 7.44. The fourth-order valence-electron chi connectivity index (χ4n) is 2.23. The number of nitrogens with zero attached hydrogens (tertiary/aromatic N) is 3. The Kier molecular flexibility index (Phi) is 5.59. The van der Waals surface area contributed by atoms with Crippen LogP contribution in [-0.4, -0.2) is 36.0 Å². The van der Waals surface area contributed by atoms with Crippen LogP contribution >= 0.6 is 23.1 Å². The van der Waals surface area contributed by atoms with Crippen molar-refractivity contribution in [3.63, 3.8) is 0 Å². The van der Waals surface area contributed by atoms with E-state index in [2.05, 4.69) is 11.1 Å². The van der Waals surface area contributed by atoms with Gasteiger partial charge in [0, 0.05) is 49.4 Å². The second-order valence-electron chi connectivity index (χ2n) is 5.13. The van der Waals surface area contributed by atoms with E-state index in [9.17, 15) is 10.1 Å². The number of thioether (sulfide) groups is 1. The maximum atomic E-state index is 12.8. The van der Waals surface area contributed by atoms with Crippen LogP contribution in [0.2, 0.25) is 0 Å². The number of hydrogen-bond donors (Lipinski definition) is 0. The highest BCUT2D eigenvalue weighted by molar-refractivity contribution is 8.00. The molecular weight excluding hydrogens is 326 g/mol. The molecule has 0 unspecified atom stereocenters. The van der Waals surface area contributed by atoms with Crippen molar-refractivity contribution in [2.75, 3.05) is 20.4 Å². The number of carbonyl (C=O) groups excluding carboxylic acids is 1. The third-order valence-corrected chi connectivity index (χ3v) is 5.45. The van der Waals surface area contributed by atoms with E-state index >= 15 is 0 Å². The zero-order valence-corrected chi connectivity index (χ0v) is 15.1. The van der Waals surface area contributed by atoms with Crippen LogP contribution in [0.4, 0.5) is 0 Å². The Morgan fingerprint density at radius 1 is 1.48 bits per heavy atom. The molecular formula is C17H17N3OS2. The molecule has 0 saturated heterocycles. The number of ketones is 1. The minimum atomic E-state index is -0.0562. The summed E-state index contributed by atoms with van der Waals surface area (Å²) in [6, 6.07) is 5.93. The first-order chi connectivity index (χ1) is 11.0. The molecule has 0 aliphatic heterocycles. The quantitative estimate of drug-likeness (QED) is 0.466. The van der Waals surface area contributed by atoms with Gasteiger partial charge in [-0.3, -0.25) is 9.78 Å². The number of hydrogen-bond acceptors (Lipinski definition) is 6. The molecule has 0 atom stereocenters. The molecule has 2 aromatic rings. The minimum Gasteiger partial charge on any atom is -0.383 e. The monoisotopic (exact) mass is 343 g/mol. The van der Waals surface area contributed by atoms with Crippen molar-refractivity contribution in [1.29, 1.82) is 5.26 Å². The molecule has 0 N–H and O–H groups in total. The molecule has 0 aliphatic carbocycles. The van der Waals surface area contributed by atoms with Gasteiger partial charge >= 0.3 is 0 Å². The number of allylic oxidation sites excluding steroid dienone is 1. The van der Waals surface area contributed by atoms with Gasteiger partial charge in [-0.2, -0.15) is 5.26 Å². The molecule has 0 aromatic carbocycles. The lowest BCUT2D eigenvalue weighted by molar-refractivity contribution is 0.103. The van der Waals surface area contributed by atoms with Crippen LogP contribution in [0.3, 0.4) is 0 Å². The molecule has 0 amide bonds. The Balaban J connectivity index is 2.67. The van der Waals surface area contributed by atoms with Crippen LogP contribution in [-0.2, 0) is 0 Å². The van der Waals surface area contributed by atoms with Gasteiger partial charge in [-0.05, 0) is 19.2 Å². The van der Waals surface area contributed by atoms with Gasteiger partial charge in [0.05, 0.1) is 14.6 Å². The highest BCUT2D eigenvalue weighted by atomic mass is 32.2. The van der Waals surface area contributed by atoms with Gasteiger partial charge in [0.2, 0.25) is 5.78 Å². The van der Waals surface area contributed by atoms with E-state index in [1.54, 1.807) is 25.5 Å². The van der Waals surface area contributed by atoms with Gasteiger partial charge in [-0.15, -0.1) is 23.1 Å². The van der Waals surface area contributed by atoms with E-state index in [4.69, 9.17) is 0 Å². The van der Waals surface area contributed by atoms with E-state index in [1.807, 2.05) is 37.4 Å². The van der Waals surface area contributed by atoms with Gasteiger partial charge in [-0.25, -0.2) is 0 Å². The smallest absolute Gasteiger partial charge is 0.200 e. The lowest BCUT2D eigenvalue weighted by Crippen LogP contribution is -2.07. The highest BCUT2D eigenvalue weighted by Gasteiger charge is 2.24. The maximum Gasteiger partial charge on any atom is 0.200 e. The maximum absolute atomic E-state index is 12.8. The van der Waals surface area contributed by atoms with Crippen LogP contribution < -0.4 is 0 Å². The summed E-state index contributed by atoms with van der Waals surface area (Å²) in [4.78, 5) is 19.4. The molecule has 118 valence electrons. The topological polar surface area (TPSA) is 57.0 Å². The molecule has 0 saturated carbocycles. The summed E-state index contributed by atoms with van der Waals surface area (Å²) in [5.41, 5.74) is 2.67. The van der Waals surface area contributed by atoms with Gasteiger partial charge < -0.3 is 4.90 Å². The van der Waals surface area contributed by atoms with E-state index in [1.165, 1.54) is 23.1 Å². The van der Waals surface area contributed by atoms with Gasteiger partial charge in [0.25, 0.3) is 0 Å². The van der Waals surface area contributed by atoms with Gasteiger partial charge in [0.15, 0.2) is 0 Å². The first-order valence-electron chi connectivity index (χ1n) is 6.90. The minimum absolute atomic E-state index is 0.0562. The van der Waals surface area contributed by atoms with Crippen molar-refractivity contribution in [3.05, 3.63) is 46.7 Å². The third-order valence-electron chi connectivity index (χ3n) is 3.14. The molecule has 2 heterocycles. The molecule has 2 rings (SSSR count). The average Bonchev–Trinajstić information content (AvgIpc) is 2.92. The Morgan fingerprint density at radius 3 is 2.74 bits per heavy atom. The van der Waals surface area contributed by atoms with E-state index in [-0.39, 0.29) is 5.78 Å². The van der Waals surface area contributed by atoms with Crippen molar-refractivity contribution < 1.29 is 4.79 Å². The number of pyridine rings is 1. The molecule has 6 heteroatoms. The fourth-order valence-corrected chi connectivity index (χ4v) is 4.17. The standard InChI is InChI=1S/C17H17N3OS2/c1-11(10-20(2)3)15(21)16-14(12-6-5-7-19-9-12)13(8-18)17(22-4)23-16/h5-7,9-10H,1-4H3/b11-10+. The van der Waals surface area contributed by atoms with Crippen LogP contribution in [0, 0.1) is 11.3 Å². The van der Waals surface area contributed by atoms with Crippen molar-refractivity contribution in [1.82, 2.24) is 9.88 Å². The molecule has 0 radical (unpaired) electrons. The van der Waals surface area contributed by atoms with E-state index in [0.717, 1.165) is 9.77 Å². The zero-order valence-electron chi connectivity index (χ0n) is 13.5. The average molecular weight is 343 g/mol. The highest BCUT2D eigenvalue weighted by Crippen LogP contribution is 2.41. The zero-order chi connectivity index (χ0) is 17.0. The van der Waals surface area contributed by atoms with E-state index in [0.29, 0.717) is 21.6 Å². The Labute approximate surface area is 144 Å². The Morgan fingerprint density at radius 2 is 2.22 bits per heavy atom. The summed E-state index contributed by atoms with van der Waals surface area (Å²) in [6.45, 7) is 1.79. The van der Waals surface area contributed by atoms with Crippen LogP contribution in [0.1, 0.15) is 22.2 Å². The number of Topliss-reactive ketones (excluding diaryl/α,β-unsaturated/α-hetero) is 1. The largest absolute Gasteiger partial charge is 0.383 e. The molecule has 0 aliphatic rings. The number of nitriles is 1. The summed E-state index contributed by atoms with van der Waals surface area (Å²) >= 11 is 2.86. The summed E-state index contributed by atoms with van der Waals surface area (Å²) < 4.78 is 0.854.